The number of carbonyl (C=O) groups excluding carboxylic acids is 1. The van der Waals surface area contributed by atoms with Crippen molar-refractivity contribution in [1.82, 2.24) is 0 Å². The van der Waals surface area contributed by atoms with Crippen molar-refractivity contribution in [3.8, 4) is 5.75 Å². The lowest BCUT2D eigenvalue weighted by Gasteiger charge is -2.18. The first-order chi connectivity index (χ1) is 11.8. The lowest BCUT2D eigenvalue weighted by atomic mass is 9.89. The van der Waals surface area contributed by atoms with Crippen molar-refractivity contribution >= 4 is 39.5 Å². The maximum atomic E-state index is 12.2. The number of ether oxygens (including phenoxy) is 1. The number of hydrogen-bond acceptors (Lipinski definition) is 4. The molecule has 25 heavy (non-hydrogen) atoms. The van der Waals surface area contributed by atoms with Crippen LogP contribution in [-0.4, -0.2) is 24.1 Å². The molecule has 0 atom stereocenters. The zero-order valence-corrected chi connectivity index (χ0v) is 14.3. The monoisotopic (exact) mass is 341 g/mol. The first kappa shape index (κ1) is 16.8. The maximum absolute atomic E-state index is 12.2. The van der Waals surface area contributed by atoms with E-state index >= 15 is 0 Å². The predicted octanol–water partition coefficient (Wildman–Crippen LogP) is 4.03. The average molecular weight is 341 g/mol. The Kier molecular flexibility index (Phi) is 4.12. The Labute approximate surface area is 144 Å². The first-order valence-electron chi connectivity index (χ1n) is 7.84. The molecule has 3 aromatic rings. The van der Waals surface area contributed by atoms with Gasteiger partial charge < -0.3 is 19.6 Å². The summed E-state index contributed by atoms with van der Waals surface area (Å²) in [5, 5.41) is 13.7. The molecule has 6 heteroatoms. The molecule has 2 N–H and O–H groups in total. The van der Waals surface area contributed by atoms with Crippen molar-refractivity contribution in [2.24, 2.45) is 5.41 Å². The van der Waals surface area contributed by atoms with Gasteiger partial charge in [-0.2, -0.15) is 0 Å². The third-order valence-electron chi connectivity index (χ3n) is 4.15. The van der Waals surface area contributed by atoms with Gasteiger partial charge in [-0.25, -0.2) is 0 Å². The van der Waals surface area contributed by atoms with E-state index in [2.05, 4.69) is 5.32 Å². The smallest absolute Gasteiger partial charge is 0.309 e. The molecule has 0 aliphatic carbocycles. The van der Waals surface area contributed by atoms with E-state index in [9.17, 15) is 9.59 Å². The number of carbonyl (C=O) groups is 2. The van der Waals surface area contributed by atoms with Crippen LogP contribution in [0.15, 0.2) is 40.8 Å². The summed E-state index contributed by atoms with van der Waals surface area (Å²) in [6.07, 6.45) is -0.149. The van der Waals surface area contributed by atoms with Crippen LogP contribution in [0.5, 0.6) is 5.75 Å². The zero-order chi connectivity index (χ0) is 18.2. The molecule has 0 fully saturated rings. The fourth-order valence-electron chi connectivity index (χ4n) is 2.69. The highest BCUT2D eigenvalue weighted by molar-refractivity contribution is 6.07. The number of para-hydroxylation sites is 1. The minimum Gasteiger partial charge on any atom is -0.495 e. The van der Waals surface area contributed by atoms with Crippen LogP contribution >= 0.6 is 0 Å². The second-order valence-electron chi connectivity index (χ2n) is 6.56. The van der Waals surface area contributed by atoms with Gasteiger partial charge in [0, 0.05) is 23.3 Å². The van der Waals surface area contributed by atoms with E-state index < -0.39 is 17.3 Å². The van der Waals surface area contributed by atoms with Crippen molar-refractivity contribution in [2.75, 3.05) is 12.4 Å². The molecule has 0 aliphatic rings. The number of hydrogen-bond donors (Lipinski definition) is 2. The second kappa shape index (κ2) is 6.12. The lowest BCUT2D eigenvalue weighted by Crippen LogP contribution is -2.29. The van der Waals surface area contributed by atoms with E-state index in [1.165, 1.54) is 21.0 Å². The van der Waals surface area contributed by atoms with E-state index in [4.69, 9.17) is 14.3 Å². The van der Waals surface area contributed by atoms with Gasteiger partial charge in [-0.1, -0.05) is 18.2 Å². The molecular formula is C19H19NO5. The summed E-state index contributed by atoms with van der Waals surface area (Å²) in [4.78, 5) is 23.4. The highest BCUT2D eigenvalue weighted by Crippen LogP contribution is 2.36. The van der Waals surface area contributed by atoms with Crippen LogP contribution in [-0.2, 0) is 9.59 Å². The highest BCUT2D eigenvalue weighted by atomic mass is 16.5. The van der Waals surface area contributed by atoms with Crippen LogP contribution in [0.1, 0.15) is 20.3 Å². The SMILES string of the molecule is COc1cc2c(cc1NC(=O)CC(C)(C)C(=O)O)oc1ccccc12. The average Bonchev–Trinajstić information content (AvgIpc) is 2.90. The summed E-state index contributed by atoms with van der Waals surface area (Å²) in [5.41, 5.74) is 0.658. The molecule has 1 heterocycles. The van der Waals surface area contributed by atoms with Crippen molar-refractivity contribution in [3.63, 3.8) is 0 Å². The van der Waals surface area contributed by atoms with Crippen LogP contribution in [0.4, 0.5) is 5.69 Å². The molecule has 0 bridgehead atoms. The Balaban J connectivity index is 1.97. The van der Waals surface area contributed by atoms with E-state index in [-0.39, 0.29) is 6.42 Å². The number of fused-ring (bicyclic) bond motifs is 3. The summed E-state index contributed by atoms with van der Waals surface area (Å²) in [6.45, 7) is 3.02. The van der Waals surface area contributed by atoms with Crippen molar-refractivity contribution in [1.29, 1.82) is 0 Å². The molecule has 0 spiro atoms. The topological polar surface area (TPSA) is 88.8 Å². The summed E-state index contributed by atoms with van der Waals surface area (Å²) in [5.74, 6) is -0.941. The predicted molar refractivity (Wildman–Crippen MR) is 94.9 cm³/mol. The minimum atomic E-state index is -1.15. The van der Waals surface area contributed by atoms with E-state index in [0.29, 0.717) is 17.0 Å². The lowest BCUT2D eigenvalue weighted by molar-refractivity contribution is -0.148. The molecule has 0 aliphatic heterocycles. The maximum Gasteiger partial charge on any atom is 0.309 e. The van der Waals surface area contributed by atoms with Gasteiger partial charge in [0.25, 0.3) is 0 Å². The number of rotatable bonds is 5. The van der Waals surface area contributed by atoms with Crippen molar-refractivity contribution < 1.29 is 23.8 Å². The standard InChI is InChI=1S/C19H19NO5/c1-19(2,18(22)23)10-17(21)20-13-9-15-12(8-16(13)24-3)11-6-4-5-7-14(11)25-15/h4-9H,10H2,1-3H3,(H,20,21)(H,22,23). The number of carboxylic acid groups (broad SMARTS) is 1. The van der Waals surface area contributed by atoms with Gasteiger partial charge in [0.15, 0.2) is 0 Å². The molecule has 0 unspecified atom stereocenters. The Hall–Kier alpha value is -3.02. The molecular weight excluding hydrogens is 322 g/mol. The number of benzene rings is 2. The van der Waals surface area contributed by atoms with Gasteiger partial charge in [-0.3, -0.25) is 9.59 Å². The Bertz CT molecular complexity index is 971. The van der Waals surface area contributed by atoms with Crippen LogP contribution in [0, 0.1) is 5.41 Å². The fraction of sp³-hybridized carbons (Fsp3) is 0.263. The minimum absolute atomic E-state index is 0.149. The van der Waals surface area contributed by atoms with Crippen LogP contribution < -0.4 is 10.1 Å². The van der Waals surface area contributed by atoms with Crippen molar-refractivity contribution in [3.05, 3.63) is 36.4 Å². The van der Waals surface area contributed by atoms with Crippen molar-refractivity contribution in [2.45, 2.75) is 20.3 Å². The third-order valence-corrected chi connectivity index (χ3v) is 4.15. The molecule has 130 valence electrons. The number of amides is 1. The first-order valence-corrected chi connectivity index (χ1v) is 7.84. The highest BCUT2D eigenvalue weighted by Gasteiger charge is 2.30. The van der Waals surface area contributed by atoms with Crippen LogP contribution in [0.25, 0.3) is 21.9 Å². The zero-order valence-electron chi connectivity index (χ0n) is 14.3. The van der Waals surface area contributed by atoms with Gasteiger partial charge >= 0.3 is 5.97 Å². The Morgan fingerprint density at radius 3 is 2.56 bits per heavy atom. The molecule has 6 nitrogen and oxygen atoms in total. The molecule has 0 saturated carbocycles. The van der Waals surface area contributed by atoms with E-state index in [1.54, 1.807) is 12.1 Å². The molecule has 3 rings (SSSR count). The third kappa shape index (κ3) is 3.15. The number of anilines is 1. The summed E-state index contributed by atoms with van der Waals surface area (Å²) in [6, 6.07) is 11.1. The number of carboxylic acids is 1. The van der Waals surface area contributed by atoms with Gasteiger partial charge in [0.05, 0.1) is 18.2 Å². The van der Waals surface area contributed by atoms with Gasteiger partial charge in [0.1, 0.15) is 16.9 Å². The quantitative estimate of drug-likeness (QED) is 0.731. The van der Waals surface area contributed by atoms with Crippen LogP contribution in [0.3, 0.4) is 0 Å². The van der Waals surface area contributed by atoms with Gasteiger partial charge in [-0.05, 0) is 26.0 Å². The van der Waals surface area contributed by atoms with Crippen LogP contribution in [0.2, 0.25) is 0 Å². The summed E-state index contributed by atoms with van der Waals surface area (Å²) < 4.78 is 11.2. The molecule has 2 aromatic carbocycles. The fourth-order valence-corrected chi connectivity index (χ4v) is 2.69. The van der Waals surface area contributed by atoms with Gasteiger partial charge in [-0.15, -0.1) is 0 Å². The second-order valence-corrected chi connectivity index (χ2v) is 6.56. The summed E-state index contributed by atoms with van der Waals surface area (Å²) >= 11 is 0. The number of aliphatic carboxylic acids is 1. The number of furan rings is 1. The van der Waals surface area contributed by atoms with E-state index in [1.807, 2.05) is 24.3 Å². The molecule has 0 radical (unpaired) electrons. The molecule has 0 saturated heterocycles. The van der Waals surface area contributed by atoms with E-state index in [0.717, 1.165) is 16.4 Å². The number of nitrogens with one attached hydrogen (secondary N) is 1. The molecule has 1 amide bonds. The molecule has 1 aromatic heterocycles. The normalized spacial score (nSPS) is 11.6. The van der Waals surface area contributed by atoms with Gasteiger partial charge in [0.2, 0.25) is 5.91 Å². The Morgan fingerprint density at radius 1 is 1.16 bits per heavy atom. The summed E-state index contributed by atoms with van der Waals surface area (Å²) in [7, 11) is 1.51. The number of methoxy groups -OCH3 is 1. The largest absolute Gasteiger partial charge is 0.495 e. The Morgan fingerprint density at radius 2 is 1.88 bits per heavy atom.